The van der Waals surface area contributed by atoms with Crippen LogP contribution in [0.3, 0.4) is 0 Å². The topological polar surface area (TPSA) is 102 Å². The summed E-state index contributed by atoms with van der Waals surface area (Å²) in [6, 6.07) is 23.2. The Balaban J connectivity index is 1.07. The summed E-state index contributed by atoms with van der Waals surface area (Å²) in [5, 5.41) is 5.36. The maximum atomic E-state index is 13.6. The van der Waals surface area contributed by atoms with E-state index in [1.54, 1.807) is 4.90 Å². The number of carbonyl (C=O) groups is 1. The van der Waals surface area contributed by atoms with Gasteiger partial charge >= 0.3 is 0 Å². The van der Waals surface area contributed by atoms with Crippen LogP contribution >= 0.6 is 23.2 Å². The zero-order valence-electron chi connectivity index (χ0n) is 25.9. The van der Waals surface area contributed by atoms with Gasteiger partial charge in [0.25, 0.3) is 5.91 Å². The molecule has 2 bridgehead atoms. The first-order chi connectivity index (χ1) is 22.0. The summed E-state index contributed by atoms with van der Waals surface area (Å²) in [6.07, 6.45) is 7.37. The third kappa shape index (κ3) is 5.75. The van der Waals surface area contributed by atoms with E-state index in [0.29, 0.717) is 31.2 Å². The second-order valence-corrected chi connectivity index (χ2v) is 15.6. The minimum atomic E-state index is -4.11. The second kappa shape index (κ2) is 12.3. The molecule has 242 valence electrons. The Hall–Kier alpha value is -2.95. The molecule has 0 aliphatic carbocycles. The normalized spacial score (nSPS) is 23.2. The average Bonchev–Trinajstić information content (AvgIpc) is 3.50. The lowest BCUT2D eigenvalue weighted by Crippen LogP contribution is -2.49. The molecule has 3 aliphatic rings. The summed E-state index contributed by atoms with van der Waals surface area (Å²) < 4.78 is 26.6. The van der Waals surface area contributed by atoms with Gasteiger partial charge < -0.3 is 9.47 Å². The highest BCUT2D eigenvalue weighted by atomic mass is 35.5. The number of benzene rings is 3. The highest BCUT2D eigenvalue weighted by Gasteiger charge is 2.44. The van der Waals surface area contributed by atoms with Crippen LogP contribution in [0.25, 0.3) is 11.0 Å². The van der Waals surface area contributed by atoms with Gasteiger partial charge in [0.05, 0.1) is 26.6 Å². The maximum Gasteiger partial charge on any atom is 0.255 e. The molecule has 7 rings (SSSR count). The SMILES string of the molecule is Cc1nc2ccccc2n1C1C[C@H]2CC[C@@H](C1)N2CCC1(c2ccccc2)CCN(C(=O)c2cc(S(N)(=O)=O)c(Cl)cc2Cl)CC1. The van der Waals surface area contributed by atoms with E-state index < -0.39 is 10.0 Å². The standard InChI is InChI=1S/C35H39Cl2N5O3S/c1-23-39-31-9-5-6-10-32(31)42(23)27-19-25-11-12-26(20-27)41(25)18-15-35(24-7-3-2-4-8-24)13-16-40(17-14-35)34(43)28-21-33(46(38,44)45)30(37)22-29(28)36/h2-10,21-22,25-27H,11-20H2,1H3,(H2,38,44,45)/t25-,26+,27?. The number of fused-ring (bicyclic) bond motifs is 3. The minimum Gasteiger partial charge on any atom is -0.339 e. The third-order valence-electron chi connectivity index (χ3n) is 10.8. The van der Waals surface area contributed by atoms with Crippen LogP contribution in [0.1, 0.15) is 72.7 Å². The minimum absolute atomic E-state index is 0.0684. The molecule has 1 aromatic heterocycles. The smallest absolute Gasteiger partial charge is 0.255 e. The molecule has 0 radical (unpaired) electrons. The number of piperidine rings is 2. The molecule has 1 unspecified atom stereocenters. The lowest BCUT2D eigenvalue weighted by molar-refractivity contribution is 0.0607. The van der Waals surface area contributed by atoms with Gasteiger partial charge in [0.1, 0.15) is 10.7 Å². The Labute approximate surface area is 280 Å². The van der Waals surface area contributed by atoms with Crippen molar-refractivity contribution in [2.75, 3.05) is 19.6 Å². The molecule has 4 aromatic rings. The number of carbonyl (C=O) groups excluding carboxylic acids is 1. The summed E-state index contributed by atoms with van der Waals surface area (Å²) in [5.41, 5.74) is 3.66. The average molecular weight is 681 g/mol. The fourth-order valence-corrected chi connectivity index (χ4v) is 9.88. The monoisotopic (exact) mass is 679 g/mol. The maximum absolute atomic E-state index is 13.6. The lowest BCUT2D eigenvalue weighted by atomic mass is 9.70. The predicted molar refractivity (Wildman–Crippen MR) is 182 cm³/mol. The number of nitrogens with two attached hydrogens (primary N) is 1. The number of primary sulfonamides is 1. The van der Waals surface area contributed by atoms with Gasteiger partial charge in [-0.1, -0.05) is 65.7 Å². The van der Waals surface area contributed by atoms with Crippen molar-refractivity contribution in [1.82, 2.24) is 19.4 Å². The molecule has 3 fully saturated rings. The summed E-state index contributed by atoms with van der Waals surface area (Å²) >= 11 is 12.5. The van der Waals surface area contributed by atoms with Crippen molar-refractivity contribution < 1.29 is 13.2 Å². The number of aryl methyl sites for hydroxylation is 1. The van der Waals surface area contributed by atoms with Crippen molar-refractivity contribution in [3.05, 3.63) is 93.7 Å². The van der Waals surface area contributed by atoms with Crippen molar-refractivity contribution >= 4 is 50.2 Å². The first-order valence-corrected chi connectivity index (χ1v) is 18.4. The molecule has 2 N–H and O–H groups in total. The molecule has 3 aliphatic heterocycles. The summed E-state index contributed by atoms with van der Waals surface area (Å²) in [4.78, 5) is 22.7. The van der Waals surface area contributed by atoms with E-state index >= 15 is 0 Å². The molecule has 8 nitrogen and oxygen atoms in total. The van der Waals surface area contributed by atoms with Crippen LogP contribution in [0.4, 0.5) is 0 Å². The molecule has 11 heteroatoms. The Kier molecular flexibility index (Phi) is 8.43. The number of nitrogens with zero attached hydrogens (tertiary/aromatic N) is 4. The number of para-hydroxylation sites is 2. The van der Waals surface area contributed by atoms with Crippen LogP contribution in [0.2, 0.25) is 10.0 Å². The lowest BCUT2D eigenvalue weighted by Gasteiger charge is -2.45. The van der Waals surface area contributed by atoms with Crippen LogP contribution in [0.15, 0.2) is 71.6 Å². The number of hydrogen-bond donors (Lipinski definition) is 1. The first kappa shape index (κ1) is 31.6. The molecule has 0 spiro atoms. The summed E-state index contributed by atoms with van der Waals surface area (Å²) in [7, 11) is -4.11. The molecular formula is C35H39Cl2N5O3S. The fourth-order valence-electron chi connectivity index (χ4n) is 8.48. The van der Waals surface area contributed by atoms with Gasteiger partial charge in [-0.3, -0.25) is 9.69 Å². The van der Waals surface area contributed by atoms with Crippen molar-refractivity contribution in [2.45, 2.75) is 80.3 Å². The van der Waals surface area contributed by atoms with Crippen LogP contribution in [-0.2, 0) is 15.4 Å². The van der Waals surface area contributed by atoms with E-state index in [9.17, 15) is 13.2 Å². The van der Waals surface area contributed by atoms with Crippen LogP contribution < -0.4 is 5.14 Å². The summed E-state index contributed by atoms with van der Waals surface area (Å²) in [5.74, 6) is 0.791. The van der Waals surface area contributed by atoms with Crippen molar-refractivity contribution in [3.8, 4) is 0 Å². The zero-order chi connectivity index (χ0) is 32.2. The van der Waals surface area contributed by atoms with Crippen LogP contribution in [0.5, 0.6) is 0 Å². The number of imidazole rings is 1. The zero-order valence-corrected chi connectivity index (χ0v) is 28.2. The Bertz CT molecular complexity index is 1870. The van der Waals surface area contributed by atoms with E-state index in [2.05, 4.69) is 64.9 Å². The predicted octanol–water partition coefficient (Wildman–Crippen LogP) is 6.73. The quantitative estimate of drug-likeness (QED) is 0.233. The molecule has 46 heavy (non-hydrogen) atoms. The second-order valence-electron chi connectivity index (χ2n) is 13.3. The van der Waals surface area contributed by atoms with Gasteiger partial charge in [-0.05, 0) is 93.7 Å². The molecule has 4 heterocycles. The highest BCUT2D eigenvalue weighted by Crippen LogP contribution is 2.45. The molecule has 3 aromatic carbocycles. The van der Waals surface area contributed by atoms with Gasteiger partial charge in [0.15, 0.2) is 0 Å². The number of rotatable bonds is 7. The molecule has 3 saturated heterocycles. The number of hydrogen-bond acceptors (Lipinski definition) is 5. The van der Waals surface area contributed by atoms with Crippen molar-refractivity contribution in [1.29, 1.82) is 0 Å². The van der Waals surface area contributed by atoms with Crippen molar-refractivity contribution in [3.63, 3.8) is 0 Å². The number of amides is 1. The Morgan fingerprint density at radius 1 is 0.935 bits per heavy atom. The number of likely N-dealkylation sites (tertiary alicyclic amines) is 1. The summed E-state index contributed by atoms with van der Waals surface area (Å²) in [6.45, 7) is 4.24. The third-order valence-corrected chi connectivity index (χ3v) is 12.5. The molecular weight excluding hydrogens is 641 g/mol. The van der Waals surface area contributed by atoms with Gasteiger partial charge in [-0.2, -0.15) is 0 Å². The first-order valence-electron chi connectivity index (χ1n) is 16.1. The molecule has 3 atom stereocenters. The van der Waals surface area contributed by atoms with E-state index in [0.717, 1.165) is 50.0 Å². The highest BCUT2D eigenvalue weighted by molar-refractivity contribution is 7.89. The van der Waals surface area contributed by atoms with E-state index in [1.165, 1.54) is 36.1 Å². The Morgan fingerprint density at radius 2 is 1.59 bits per heavy atom. The number of aromatic nitrogens is 2. The number of sulfonamides is 1. The molecule has 1 amide bonds. The van der Waals surface area contributed by atoms with Crippen molar-refractivity contribution in [2.24, 2.45) is 5.14 Å². The largest absolute Gasteiger partial charge is 0.339 e. The number of halogens is 2. The van der Waals surface area contributed by atoms with Gasteiger partial charge in [-0.15, -0.1) is 0 Å². The van der Waals surface area contributed by atoms with E-state index in [-0.39, 0.29) is 31.8 Å². The van der Waals surface area contributed by atoms with Gasteiger partial charge in [0.2, 0.25) is 10.0 Å². The van der Waals surface area contributed by atoms with E-state index in [4.69, 9.17) is 33.3 Å². The van der Waals surface area contributed by atoms with Gasteiger partial charge in [0, 0.05) is 31.2 Å². The van der Waals surface area contributed by atoms with Crippen LogP contribution in [0, 0.1) is 6.92 Å². The van der Waals surface area contributed by atoms with Crippen LogP contribution in [-0.4, -0.2) is 65.4 Å². The Morgan fingerprint density at radius 3 is 2.26 bits per heavy atom. The van der Waals surface area contributed by atoms with E-state index in [1.807, 2.05) is 6.07 Å². The van der Waals surface area contributed by atoms with Gasteiger partial charge in [-0.25, -0.2) is 18.5 Å². The fraction of sp³-hybridized carbons (Fsp3) is 0.429. The molecule has 0 saturated carbocycles.